The maximum absolute atomic E-state index is 13.3. The van der Waals surface area contributed by atoms with Gasteiger partial charge in [-0.15, -0.1) is 0 Å². The first-order valence-electron chi connectivity index (χ1n) is 11.9. The minimum atomic E-state index is -3.23. The predicted molar refractivity (Wildman–Crippen MR) is 120 cm³/mol. The average molecular weight is 450 g/mol. The standard InChI is InChI=1S/C23H35N3O4S/c24-8-3-1-2-4-11-31(27,28)26-9-5-6-18-15-25-10-7-17-12-22-23(30-16-29-22)13-19(17)21(25)14-20(18)26/h12-13,18,20-21H,1-11,14-16,24H2/t18-,20+,21-/m0/s1. The Kier molecular flexibility index (Phi) is 6.16. The summed E-state index contributed by atoms with van der Waals surface area (Å²) in [5.74, 6) is 2.38. The lowest BCUT2D eigenvalue weighted by Crippen LogP contribution is -2.57. The number of piperidine rings is 2. The Morgan fingerprint density at radius 2 is 1.87 bits per heavy atom. The van der Waals surface area contributed by atoms with Crippen molar-refractivity contribution in [3.63, 3.8) is 0 Å². The zero-order chi connectivity index (χ0) is 21.4. The van der Waals surface area contributed by atoms with E-state index < -0.39 is 10.0 Å². The molecule has 4 heterocycles. The summed E-state index contributed by atoms with van der Waals surface area (Å²) >= 11 is 0. The van der Waals surface area contributed by atoms with Crippen LogP contribution >= 0.6 is 0 Å². The van der Waals surface area contributed by atoms with Crippen molar-refractivity contribution in [3.8, 4) is 11.5 Å². The van der Waals surface area contributed by atoms with E-state index in [0.29, 0.717) is 19.0 Å². The van der Waals surface area contributed by atoms with E-state index in [-0.39, 0.29) is 24.6 Å². The number of unbranched alkanes of at least 4 members (excludes halogenated alkanes) is 3. The normalized spacial score (nSPS) is 28.1. The third kappa shape index (κ3) is 4.19. The number of hydrogen-bond donors (Lipinski definition) is 1. The molecule has 0 saturated carbocycles. The van der Waals surface area contributed by atoms with Gasteiger partial charge in [-0.25, -0.2) is 8.42 Å². The molecule has 0 aliphatic carbocycles. The second-order valence-corrected chi connectivity index (χ2v) is 11.5. The third-order valence-corrected chi connectivity index (χ3v) is 9.59. The summed E-state index contributed by atoms with van der Waals surface area (Å²) in [7, 11) is -3.23. The summed E-state index contributed by atoms with van der Waals surface area (Å²) in [4.78, 5) is 2.58. The highest BCUT2D eigenvalue weighted by Crippen LogP contribution is 2.46. The van der Waals surface area contributed by atoms with Crippen LogP contribution in [-0.4, -0.2) is 62.4 Å². The van der Waals surface area contributed by atoms with Crippen molar-refractivity contribution in [2.75, 3.05) is 38.7 Å². The number of fused-ring (bicyclic) bond motifs is 5. The van der Waals surface area contributed by atoms with E-state index >= 15 is 0 Å². The van der Waals surface area contributed by atoms with Gasteiger partial charge in [0.1, 0.15) is 0 Å². The van der Waals surface area contributed by atoms with Crippen LogP contribution in [0, 0.1) is 5.92 Å². The van der Waals surface area contributed by atoms with Gasteiger partial charge in [0, 0.05) is 31.7 Å². The van der Waals surface area contributed by atoms with E-state index in [4.69, 9.17) is 15.2 Å². The van der Waals surface area contributed by atoms with Crippen LogP contribution in [0.2, 0.25) is 0 Å². The highest BCUT2D eigenvalue weighted by Gasteiger charge is 2.46. The summed E-state index contributed by atoms with van der Waals surface area (Å²) in [6, 6.07) is 4.66. The molecule has 31 heavy (non-hydrogen) atoms. The Morgan fingerprint density at radius 3 is 2.71 bits per heavy atom. The Bertz CT molecular complexity index is 906. The van der Waals surface area contributed by atoms with Crippen molar-refractivity contribution >= 4 is 10.0 Å². The molecule has 2 fully saturated rings. The van der Waals surface area contributed by atoms with Gasteiger partial charge < -0.3 is 15.2 Å². The summed E-state index contributed by atoms with van der Waals surface area (Å²) in [6.45, 7) is 3.67. The van der Waals surface area contributed by atoms with E-state index in [1.54, 1.807) is 0 Å². The fraction of sp³-hybridized carbons (Fsp3) is 0.739. The average Bonchev–Trinajstić information content (AvgIpc) is 3.23. The molecule has 2 N–H and O–H groups in total. The number of ether oxygens (including phenoxy) is 2. The van der Waals surface area contributed by atoms with E-state index in [2.05, 4.69) is 17.0 Å². The van der Waals surface area contributed by atoms with Gasteiger partial charge in [-0.1, -0.05) is 12.8 Å². The molecule has 0 unspecified atom stereocenters. The predicted octanol–water partition coefficient (Wildman–Crippen LogP) is 2.65. The molecular formula is C23H35N3O4S. The molecule has 0 radical (unpaired) electrons. The molecule has 1 aromatic carbocycles. The van der Waals surface area contributed by atoms with Crippen LogP contribution in [0.4, 0.5) is 0 Å². The van der Waals surface area contributed by atoms with E-state index in [0.717, 1.165) is 76.0 Å². The minimum absolute atomic E-state index is 0.111. The van der Waals surface area contributed by atoms with Crippen molar-refractivity contribution in [2.24, 2.45) is 11.7 Å². The molecular weight excluding hydrogens is 414 g/mol. The molecule has 172 valence electrons. The van der Waals surface area contributed by atoms with E-state index in [9.17, 15) is 8.42 Å². The summed E-state index contributed by atoms with van der Waals surface area (Å²) in [5, 5.41) is 0. The topological polar surface area (TPSA) is 85.1 Å². The van der Waals surface area contributed by atoms with Crippen LogP contribution < -0.4 is 15.2 Å². The van der Waals surface area contributed by atoms with Gasteiger partial charge in [-0.05, 0) is 74.2 Å². The van der Waals surface area contributed by atoms with Crippen LogP contribution in [0.5, 0.6) is 11.5 Å². The second kappa shape index (κ2) is 8.89. The lowest BCUT2D eigenvalue weighted by molar-refractivity contribution is 0.0219. The number of rotatable bonds is 7. The van der Waals surface area contributed by atoms with Crippen molar-refractivity contribution in [1.82, 2.24) is 9.21 Å². The summed E-state index contributed by atoms with van der Waals surface area (Å²) < 4.78 is 39.7. The Balaban J connectivity index is 1.34. The monoisotopic (exact) mass is 449 g/mol. The van der Waals surface area contributed by atoms with Crippen LogP contribution in [0.15, 0.2) is 12.1 Å². The summed E-state index contributed by atoms with van der Waals surface area (Å²) in [6.07, 6.45) is 7.67. The molecule has 3 atom stereocenters. The number of benzene rings is 1. The van der Waals surface area contributed by atoms with Gasteiger partial charge in [-0.3, -0.25) is 4.90 Å². The molecule has 0 bridgehead atoms. The Labute approximate surface area is 185 Å². The highest BCUT2D eigenvalue weighted by molar-refractivity contribution is 7.89. The number of nitrogens with zero attached hydrogens (tertiary/aromatic N) is 2. The third-order valence-electron chi connectivity index (χ3n) is 7.62. The molecule has 0 spiro atoms. The lowest BCUT2D eigenvalue weighted by atomic mass is 9.77. The SMILES string of the molecule is NCCCCCCS(=O)(=O)N1CCC[C@H]2CN3CCc4cc5c(cc4[C@@H]3C[C@H]21)OCO5. The highest BCUT2D eigenvalue weighted by atomic mass is 32.2. The zero-order valence-corrected chi connectivity index (χ0v) is 19.1. The molecule has 0 aromatic heterocycles. The smallest absolute Gasteiger partial charge is 0.231 e. The molecule has 2 saturated heterocycles. The molecule has 7 nitrogen and oxygen atoms in total. The van der Waals surface area contributed by atoms with Gasteiger partial charge in [0.25, 0.3) is 0 Å². The van der Waals surface area contributed by atoms with Crippen LogP contribution in [0.1, 0.15) is 62.1 Å². The summed E-state index contributed by atoms with van der Waals surface area (Å²) in [5.41, 5.74) is 8.19. The Morgan fingerprint density at radius 1 is 1.06 bits per heavy atom. The van der Waals surface area contributed by atoms with Crippen molar-refractivity contribution in [1.29, 1.82) is 0 Å². The molecule has 8 heteroatoms. The molecule has 0 amide bonds. The zero-order valence-electron chi connectivity index (χ0n) is 18.3. The maximum Gasteiger partial charge on any atom is 0.231 e. The molecule has 5 rings (SSSR count). The molecule has 1 aromatic rings. The Hall–Kier alpha value is -1.35. The van der Waals surface area contributed by atoms with Gasteiger partial charge in [0.2, 0.25) is 16.8 Å². The first-order chi connectivity index (χ1) is 15.1. The van der Waals surface area contributed by atoms with Gasteiger partial charge in [0.05, 0.1) is 5.75 Å². The fourth-order valence-corrected chi connectivity index (χ4v) is 7.92. The van der Waals surface area contributed by atoms with Crippen molar-refractivity contribution in [3.05, 3.63) is 23.3 Å². The first-order valence-corrected chi connectivity index (χ1v) is 13.5. The largest absolute Gasteiger partial charge is 0.454 e. The molecule has 4 aliphatic rings. The second-order valence-electron chi connectivity index (χ2n) is 9.50. The van der Waals surface area contributed by atoms with Crippen molar-refractivity contribution < 1.29 is 17.9 Å². The first kappa shape index (κ1) is 21.5. The van der Waals surface area contributed by atoms with Crippen LogP contribution in [-0.2, 0) is 16.4 Å². The van der Waals surface area contributed by atoms with Crippen LogP contribution in [0.25, 0.3) is 0 Å². The minimum Gasteiger partial charge on any atom is -0.454 e. The number of hydrogen-bond acceptors (Lipinski definition) is 6. The van der Waals surface area contributed by atoms with E-state index in [1.807, 2.05) is 4.31 Å². The van der Waals surface area contributed by atoms with Gasteiger partial charge in [-0.2, -0.15) is 4.31 Å². The number of sulfonamides is 1. The fourth-order valence-electron chi connectivity index (χ4n) is 6.04. The molecule has 4 aliphatic heterocycles. The van der Waals surface area contributed by atoms with Gasteiger partial charge >= 0.3 is 0 Å². The number of nitrogens with two attached hydrogens (primary N) is 1. The van der Waals surface area contributed by atoms with Crippen LogP contribution in [0.3, 0.4) is 0 Å². The maximum atomic E-state index is 13.3. The lowest BCUT2D eigenvalue weighted by Gasteiger charge is -2.51. The quantitative estimate of drug-likeness (QED) is 0.644. The van der Waals surface area contributed by atoms with Crippen molar-refractivity contribution in [2.45, 2.75) is 63.5 Å². The van der Waals surface area contributed by atoms with Gasteiger partial charge in [0.15, 0.2) is 11.5 Å². The van der Waals surface area contributed by atoms with E-state index in [1.165, 1.54) is 11.1 Å².